The SMILES string of the molecule is C=C(C(N)=O)c1cc(Nc2cc(N3OCC[C@@H]3Cc3ccccc3)ncn2)c(OC)cc1N1CCC(N2CCN(C)CC2)CC1. The Morgan fingerprint density at radius 1 is 1.04 bits per heavy atom. The fourth-order valence-corrected chi connectivity index (χ4v) is 6.64. The van der Waals surface area contributed by atoms with Gasteiger partial charge in [-0.2, -0.15) is 0 Å². The van der Waals surface area contributed by atoms with Gasteiger partial charge in [0.05, 0.1) is 25.4 Å². The van der Waals surface area contributed by atoms with Gasteiger partial charge in [-0.3, -0.25) is 14.5 Å². The molecule has 0 saturated carbocycles. The summed E-state index contributed by atoms with van der Waals surface area (Å²) in [7, 11) is 3.83. The zero-order chi connectivity index (χ0) is 31.3. The molecule has 3 aliphatic rings. The van der Waals surface area contributed by atoms with Gasteiger partial charge >= 0.3 is 0 Å². The molecular weight excluding hydrogens is 568 g/mol. The van der Waals surface area contributed by atoms with E-state index in [9.17, 15) is 4.79 Å². The van der Waals surface area contributed by atoms with Gasteiger partial charge in [-0.1, -0.05) is 36.9 Å². The van der Waals surface area contributed by atoms with Crippen molar-refractivity contribution in [1.82, 2.24) is 19.8 Å². The molecule has 3 aromatic rings. The Hall–Kier alpha value is -4.19. The topological polar surface area (TPSA) is 112 Å². The zero-order valence-electron chi connectivity index (χ0n) is 26.3. The molecule has 45 heavy (non-hydrogen) atoms. The van der Waals surface area contributed by atoms with Crippen LogP contribution in [0.1, 0.15) is 30.4 Å². The third-order valence-electron chi connectivity index (χ3n) is 9.27. The number of hydroxylamine groups is 1. The summed E-state index contributed by atoms with van der Waals surface area (Å²) in [4.78, 5) is 34.7. The highest BCUT2D eigenvalue weighted by Crippen LogP contribution is 2.39. The Kier molecular flexibility index (Phi) is 9.48. The summed E-state index contributed by atoms with van der Waals surface area (Å²) in [5.74, 6) is 1.32. The minimum absolute atomic E-state index is 0.162. The van der Waals surface area contributed by atoms with E-state index >= 15 is 0 Å². The van der Waals surface area contributed by atoms with Crippen LogP contribution < -0.4 is 25.8 Å². The molecule has 3 saturated heterocycles. The number of nitrogens with two attached hydrogens (primary N) is 1. The second-order valence-corrected chi connectivity index (χ2v) is 12.1. The lowest BCUT2D eigenvalue weighted by atomic mass is 9.97. The highest BCUT2D eigenvalue weighted by molar-refractivity contribution is 6.19. The molecule has 3 fully saturated rings. The summed E-state index contributed by atoms with van der Waals surface area (Å²) < 4.78 is 5.86. The van der Waals surface area contributed by atoms with Crippen molar-refractivity contribution < 1.29 is 14.4 Å². The Morgan fingerprint density at radius 3 is 2.51 bits per heavy atom. The van der Waals surface area contributed by atoms with Gasteiger partial charge in [0.2, 0.25) is 5.91 Å². The summed E-state index contributed by atoms with van der Waals surface area (Å²) >= 11 is 0. The van der Waals surface area contributed by atoms with Crippen LogP contribution in [-0.2, 0) is 16.1 Å². The Labute approximate surface area is 265 Å². The first-order chi connectivity index (χ1) is 21.9. The van der Waals surface area contributed by atoms with Gasteiger partial charge in [-0.05, 0) is 44.4 Å². The molecule has 2 aromatic carbocycles. The largest absolute Gasteiger partial charge is 0.494 e. The van der Waals surface area contributed by atoms with E-state index < -0.39 is 5.91 Å². The molecule has 11 nitrogen and oxygen atoms in total. The Morgan fingerprint density at radius 2 is 1.80 bits per heavy atom. The molecule has 6 rings (SSSR count). The molecule has 238 valence electrons. The third kappa shape index (κ3) is 7.06. The van der Waals surface area contributed by atoms with E-state index in [1.807, 2.05) is 29.3 Å². The average Bonchev–Trinajstić information content (AvgIpc) is 3.53. The molecular formula is C34H44N8O3. The van der Waals surface area contributed by atoms with Crippen LogP contribution in [0.2, 0.25) is 0 Å². The predicted octanol–water partition coefficient (Wildman–Crippen LogP) is 3.70. The van der Waals surface area contributed by atoms with Gasteiger partial charge in [0.15, 0.2) is 5.82 Å². The monoisotopic (exact) mass is 612 g/mol. The van der Waals surface area contributed by atoms with E-state index in [2.05, 4.69) is 67.9 Å². The Bertz CT molecular complexity index is 1490. The van der Waals surface area contributed by atoms with E-state index in [1.54, 1.807) is 7.11 Å². The molecule has 11 heteroatoms. The maximum Gasteiger partial charge on any atom is 0.248 e. The number of aromatic nitrogens is 2. The van der Waals surface area contributed by atoms with Gasteiger partial charge in [0.1, 0.15) is 17.9 Å². The quantitative estimate of drug-likeness (QED) is 0.329. The summed E-state index contributed by atoms with van der Waals surface area (Å²) in [6.45, 7) is 10.9. The van der Waals surface area contributed by atoms with Crippen molar-refractivity contribution in [2.45, 2.75) is 37.8 Å². The predicted molar refractivity (Wildman–Crippen MR) is 178 cm³/mol. The number of likely N-dealkylation sites (N-methyl/N-ethyl adjacent to an activating group) is 1. The number of piperidine rings is 1. The van der Waals surface area contributed by atoms with E-state index in [0.29, 0.717) is 41.3 Å². The van der Waals surface area contributed by atoms with E-state index in [4.69, 9.17) is 15.3 Å². The molecule has 0 bridgehead atoms. The van der Waals surface area contributed by atoms with Crippen molar-refractivity contribution >= 4 is 34.5 Å². The molecule has 1 atom stereocenters. The van der Waals surface area contributed by atoms with E-state index in [0.717, 1.165) is 70.6 Å². The third-order valence-corrected chi connectivity index (χ3v) is 9.27. The first kappa shape index (κ1) is 30.8. The summed E-state index contributed by atoms with van der Waals surface area (Å²) in [6.07, 6.45) is 5.40. The summed E-state index contributed by atoms with van der Waals surface area (Å²) in [6, 6.07) is 16.9. The van der Waals surface area contributed by atoms with Crippen LogP contribution in [0.5, 0.6) is 5.75 Å². The van der Waals surface area contributed by atoms with Gasteiger partial charge in [0.25, 0.3) is 0 Å². The molecule has 0 spiro atoms. The Balaban J connectivity index is 1.21. The molecule has 1 aromatic heterocycles. The highest BCUT2D eigenvalue weighted by atomic mass is 16.7. The number of amides is 1. The lowest BCUT2D eigenvalue weighted by Crippen LogP contribution is -2.52. The lowest BCUT2D eigenvalue weighted by Gasteiger charge is -2.43. The number of piperazine rings is 1. The minimum atomic E-state index is -0.556. The first-order valence-corrected chi connectivity index (χ1v) is 15.8. The number of anilines is 4. The van der Waals surface area contributed by atoms with Crippen LogP contribution in [0, 0.1) is 0 Å². The number of nitrogens with zero attached hydrogens (tertiary/aromatic N) is 6. The summed E-state index contributed by atoms with van der Waals surface area (Å²) in [5.41, 5.74) is 9.51. The lowest BCUT2D eigenvalue weighted by molar-refractivity contribution is -0.112. The smallest absolute Gasteiger partial charge is 0.248 e. The molecule has 1 amide bonds. The molecule has 0 radical (unpaired) electrons. The molecule has 4 heterocycles. The van der Waals surface area contributed by atoms with Crippen molar-refractivity contribution in [2.75, 3.05) is 75.3 Å². The minimum Gasteiger partial charge on any atom is -0.494 e. The molecule has 3 N–H and O–H groups in total. The second kappa shape index (κ2) is 13.8. The fraction of sp³-hybridized carbons (Fsp3) is 0.441. The number of methoxy groups -OCH3 is 1. The van der Waals surface area contributed by atoms with E-state index in [-0.39, 0.29) is 11.6 Å². The van der Waals surface area contributed by atoms with Gasteiger partial charge in [-0.15, -0.1) is 0 Å². The second-order valence-electron chi connectivity index (χ2n) is 12.1. The fourth-order valence-electron chi connectivity index (χ4n) is 6.64. The van der Waals surface area contributed by atoms with Crippen molar-refractivity contribution in [3.05, 3.63) is 72.6 Å². The average molecular weight is 613 g/mol. The first-order valence-electron chi connectivity index (χ1n) is 15.8. The van der Waals surface area contributed by atoms with Crippen LogP contribution in [0.4, 0.5) is 23.0 Å². The maximum absolute atomic E-state index is 12.4. The van der Waals surface area contributed by atoms with Gasteiger partial charge in [0, 0.05) is 74.3 Å². The molecule has 0 aliphatic carbocycles. The summed E-state index contributed by atoms with van der Waals surface area (Å²) in [5, 5.41) is 5.27. The zero-order valence-corrected chi connectivity index (χ0v) is 26.3. The number of nitrogens with one attached hydrogen (secondary N) is 1. The van der Waals surface area contributed by atoms with Crippen LogP contribution in [-0.4, -0.2) is 97.8 Å². The van der Waals surface area contributed by atoms with Crippen molar-refractivity contribution in [1.29, 1.82) is 0 Å². The number of carbonyl (C=O) groups is 1. The van der Waals surface area contributed by atoms with Gasteiger partial charge in [-0.25, -0.2) is 15.0 Å². The van der Waals surface area contributed by atoms with Crippen molar-refractivity contribution in [3.8, 4) is 5.75 Å². The number of rotatable bonds is 10. The number of hydrogen-bond acceptors (Lipinski definition) is 10. The normalized spacial score (nSPS) is 19.9. The van der Waals surface area contributed by atoms with E-state index in [1.165, 1.54) is 11.9 Å². The standard InChI is InChI=1S/C34H44N8O3/c1-24(34(35)43)28-20-29(31(44-3)21-30(28)41-12-9-26(10-13-41)40-16-14-39(2)15-17-40)38-32-22-33(37-23-36-32)42-27(11-18-45-42)19-25-7-5-4-6-8-25/h4-8,20-23,26-27H,1,9-19H2,2-3H3,(H2,35,43)(H,36,37,38)/t27-/m1/s1. The number of primary amides is 1. The number of hydrogen-bond donors (Lipinski definition) is 2. The molecule has 3 aliphatic heterocycles. The molecule has 0 unspecified atom stereocenters. The van der Waals surface area contributed by atoms with Crippen LogP contribution in [0.25, 0.3) is 5.57 Å². The van der Waals surface area contributed by atoms with Gasteiger partial charge < -0.3 is 25.6 Å². The number of ether oxygens (including phenoxy) is 1. The number of benzene rings is 2. The maximum atomic E-state index is 12.4. The van der Waals surface area contributed by atoms with Crippen LogP contribution in [0.3, 0.4) is 0 Å². The van der Waals surface area contributed by atoms with Crippen LogP contribution >= 0.6 is 0 Å². The van der Waals surface area contributed by atoms with Crippen LogP contribution in [0.15, 0.2) is 61.4 Å². The number of carbonyl (C=O) groups excluding carboxylic acids is 1. The highest BCUT2D eigenvalue weighted by Gasteiger charge is 2.30. The van der Waals surface area contributed by atoms with Crippen molar-refractivity contribution in [3.63, 3.8) is 0 Å². The van der Waals surface area contributed by atoms with Crippen molar-refractivity contribution in [2.24, 2.45) is 5.73 Å².